The van der Waals surface area contributed by atoms with Gasteiger partial charge in [-0.3, -0.25) is 0 Å². The first-order chi connectivity index (χ1) is 10.0. The Morgan fingerprint density at radius 2 is 1.52 bits per heavy atom. The summed E-state index contributed by atoms with van der Waals surface area (Å²) in [7, 11) is 3.15. The van der Waals surface area contributed by atoms with E-state index < -0.39 is 5.60 Å². The van der Waals surface area contributed by atoms with Gasteiger partial charge in [0.25, 0.3) is 0 Å². The third kappa shape index (κ3) is 2.78. The van der Waals surface area contributed by atoms with E-state index in [4.69, 9.17) is 9.47 Å². The van der Waals surface area contributed by atoms with Crippen LogP contribution in [0.2, 0.25) is 0 Å². The predicted molar refractivity (Wildman–Crippen MR) is 83.9 cm³/mol. The lowest BCUT2D eigenvalue weighted by atomic mass is 9.86. The first-order valence-corrected chi connectivity index (χ1v) is 6.70. The average molecular weight is 284 g/mol. The maximum atomic E-state index is 11.0. The van der Waals surface area contributed by atoms with E-state index in [0.29, 0.717) is 17.1 Å². The number of aliphatic hydroxyl groups is 1. The molecule has 0 spiro atoms. The van der Waals surface area contributed by atoms with Gasteiger partial charge in [-0.15, -0.1) is 0 Å². The monoisotopic (exact) mass is 284 g/mol. The highest BCUT2D eigenvalue weighted by Crippen LogP contribution is 2.36. The van der Waals surface area contributed by atoms with Crippen LogP contribution in [0.1, 0.15) is 16.7 Å². The molecule has 110 valence electrons. The van der Waals surface area contributed by atoms with Crippen molar-refractivity contribution in [3.63, 3.8) is 0 Å². The highest BCUT2D eigenvalue weighted by molar-refractivity contribution is 5.49. The van der Waals surface area contributed by atoms with Gasteiger partial charge in [-0.25, -0.2) is 0 Å². The molecule has 0 heterocycles. The molecular formula is C18H20O3. The molecule has 0 amide bonds. The maximum absolute atomic E-state index is 11.0. The van der Waals surface area contributed by atoms with Crippen molar-refractivity contribution in [1.82, 2.24) is 0 Å². The molecule has 2 aromatic carbocycles. The van der Waals surface area contributed by atoms with Gasteiger partial charge in [-0.05, 0) is 30.2 Å². The fourth-order valence-corrected chi connectivity index (χ4v) is 2.28. The minimum Gasteiger partial charge on any atom is -0.493 e. The molecular weight excluding hydrogens is 264 g/mol. The summed E-state index contributed by atoms with van der Waals surface area (Å²) < 4.78 is 10.5. The van der Waals surface area contributed by atoms with E-state index in [9.17, 15) is 5.11 Å². The molecule has 1 unspecified atom stereocenters. The molecule has 2 rings (SSSR count). The summed E-state index contributed by atoms with van der Waals surface area (Å²) in [5.41, 5.74) is 1.31. The molecule has 0 fully saturated rings. The molecule has 0 bridgehead atoms. The highest BCUT2D eigenvalue weighted by atomic mass is 16.5. The molecule has 0 aliphatic carbocycles. The van der Waals surface area contributed by atoms with Crippen molar-refractivity contribution >= 4 is 0 Å². The smallest absolute Gasteiger partial charge is 0.161 e. The minimum atomic E-state index is -1.27. The second-order valence-corrected chi connectivity index (χ2v) is 4.91. The maximum Gasteiger partial charge on any atom is 0.161 e. The first-order valence-electron chi connectivity index (χ1n) is 6.70. The molecule has 3 nitrogen and oxygen atoms in total. The molecule has 0 saturated heterocycles. The Bertz CT molecular complexity index is 631. The van der Waals surface area contributed by atoms with E-state index >= 15 is 0 Å². The number of rotatable bonds is 5. The van der Waals surface area contributed by atoms with Gasteiger partial charge in [0, 0.05) is 0 Å². The summed E-state index contributed by atoms with van der Waals surface area (Å²) in [4.78, 5) is 0. The zero-order valence-corrected chi connectivity index (χ0v) is 12.6. The quantitative estimate of drug-likeness (QED) is 0.855. The molecule has 3 heteroatoms. The third-order valence-electron chi connectivity index (χ3n) is 3.61. The van der Waals surface area contributed by atoms with Crippen LogP contribution in [0.3, 0.4) is 0 Å². The topological polar surface area (TPSA) is 38.7 Å². The Morgan fingerprint density at radius 1 is 0.952 bits per heavy atom. The fraction of sp³-hybridized carbons (Fsp3) is 0.222. The lowest BCUT2D eigenvalue weighted by Crippen LogP contribution is -2.24. The minimum absolute atomic E-state index is 0.572. The third-order valence-corrected chi connectivity index (χ3v) is 3.61. The van der Waals surface area contributed by atoms with Crippen LogP contribution in [0.4, 0.5) is 0 Å². The van der Waals surface area contributed by atoms with Crippen LogP contribution in [0, 0.1) is 6.92 Å². The van der Waals surface area contributed by atoms with Crippen molar-refractivity contribution in [3.8, 4) is 11.5 Å². The summed E-state index contributed by atoms with van der Waals surface area (Å²) in [6.07, 6.45) is 1.53. The van der Waals surface area contributed by atoms with Crippen molar-refractivity contribution in [2.24, 2.45) is 0 Å². The molecule has 21 heavy (non-hydrogen) atoms. The van der Waals surface area contributed by atoms with Crippen molar-refractivity contribution in [2.75, 3.05) is 14.2 Å². The van der Waals surface area contributed by atoms with Crippen LogP contribution in [-0.2, 0) is 5.60 Å². The van der Waals surface area contributed by atoms with Gasteiger partial charge in [-0.2, -0.15) is 0 Å². The molecule has 0 aliphatic heterocycles. The zero-order chi connectivity index (χ0) is 15.5. The number of hydrogen-bond donors (Lipinski definition) is 1. The van der Waals surface area contributed by atoms with E-state index in [-0.39, 0.29) is 0 Å². The summed E-state index contributed by atoms with van der Waals surface area (Å²) in [5.74, 6) is 1.19. The molecule has 2 aromatic rings. The van der Waals surface area contributed by atoms with Gasteiger partial charge in [0.2, 0.25) is 0 Å². The number of methoxy groups -OCH3 is 2. The van der Waals surface area contributed by atoms with Crippen LogP contribution in [0.5, 0.6) is 11.5 Å². The van der Waals surface area contributed by atoms with Gasteiger partial charge in [0.15, 0.2) is 11.5 Å². The molecule has 0 aromatic heterocycles. The molecule has 0 saturated carbocycles. The summed E-state index contributed by atoms with van der Waals surface area (Å²) in [6, 6.07) is 13.1. The second kappa shape index (κ2) is 6.02. The van der Waals surface area contributed by atoms with Crippen molar-refractivity contribution in [2.45, 2.75) is 12.5 Å². The second-order valence-electron chi connectivity index (χ2n) is 4.91. The summed E-state index contributed by atoms with van der Waals surface area (Å²) in [5, 5.41) is 11.0. The van der Waals surface area contributed by atoms with Crippen LogP contribution in [0.15, 0.2) is 55.1 Å². The Kier molecular flexibility index (Phi) is 4.34. The number of aryl methyl sites for hydroxylation is 1. The lowest BCUT2D eigenvalue weighted by molar-refractivity contribution is 0.134. The van der Waals surface area contributed by atoms with Crippen LogP contribution in [-0.4, -0.2) is 19.3 Å². The SMILES string of the molecule is C=CC(O)(c1ccc(C)cc1)c1ccc(OC)c(OC)c1. The van der Waals surface area contributed by atoms with E-state index in [0.717, 1.165) is 11.1 Å². The highest BCUT2D eigenvalue weighted by Gasteiger charge is 2.28. The van der Waals surface area contributed by atoms with E-state index in [1.807, 2.05) is 37.3 Å². The Morgan fingerprint density at radius 3 is 2.05 bits per heavy atom. The van der Waals surface area contributed by atoms with Crippen LogP contribution < -0.4 is 9.47 Å². The Balaban J connectivity index is 2.54. The van der Waals surface area contributed by atoms with E-state index in [1.165, 1.54) is 6.08 Å². The van der Waals surface area contributed by atoms with Gasteiger partial charge < -0.3 is 14.6 Å². The molecule has 1 atom stereocenters. The largest absolute Gasteiger partial charge is 0.493 e. The Labute approximate surface area is 125 Å². The fourth-order valence-electron chi connectivity index (χ4n) is 2.28. The van der Waals surface area contributed by atoms with Crippen LogP contribution >= 0.6 is 0 Å². The molecule has 1 N–H and O–H groups in total. The van der Waals surface area contributed by atoms with Crippen molar-refractivity contribution < 1.29 is 14.6 Å². The van der Waals surface area contributed by atoms with Crippen LogP contribution in [0.25, 0.3) is 0 Å². The molecule has 0 aliphatic rings. The number of benzene rings is 2. The number of ether oxygens (including phenoxy) is 2. The Hall–Kier alpha value is -2.26. The van der Waals surface area contributed by atoms with Gasteiger partial charge in [0.05, 0.1) is 14.2 Å². The predicted octanol–water partition coefficient (Wildman–Crippen LogP) is 3.43. The van der Waals surface area contributed by atoms with Crippen molar-refractivity contribution in [3.05, 3.63) is 71.8 Å². The van der Waals surface area contributed by atoms with Gasteiger partial charge >= 0.3 is 0 Å². The standard InChI is InChI=1S/C18H20O3/c1-5-18(19,14-8-6-13(2)7-9-14)15-10-11-16(20-3)17(12-15)21-4/h5-12,19H,1H2,2-4H3. The first kappa shape index (κ1) is 15.1. The lowest BCUT2D eigenvalue weighted by Gasteiger charge is -2.26. The van der Waals surface area contributed by atoms with Crippen molar-refractivity contribution in [1.29, 1.82) is 0 Å². The normalized spacial score (nSPS) is 13.3. The van der Waals surface area contributed by atoms with E-state index in [1.54, 1.807) is 26.4 Å². The summed E-state index contributed by atoms with van der Waals surface area (Å²) >= 11 is 0. The molecule has 0 radical (unpaired) electrons. The average Bonchev–Trinajstić information content (AvgIpc) is 2.54. The zero-order valence-electron chi connectivity index (χ0n) is 12.6. The van der Waals surface area contributed by atoms with E-state index in [2.05, 4.69) is 6.58 Å². The summed E-state index contributed by atoms with van der Waals surface area (Å²) in [6.45, 7) is 5.79. The van der Waals surface area contributed by atoms with Gasteiger partial charge in [-0.1, -0.05) is 48.6 Å². The van der Waals surface area contributed by atoms with Gasteiger partial charge in [0.1, 0.15) is 5.60 Å². The number of hydrogen-bond acceptors (Lipinski definition) is 3.